The van der Waals surface area contributed by atoms with E-state index in [-0.39, 0.29) is 11.9 Å². The molecule has 0 fully saturated rings. The molecule has 0 N–H and O–H groups in total. The highest BCUT2D eigenvalue weighted by molar-refractivity contribution is 5.73. The minimum atomic E-state index is -0.295. The van der Waals surface area contributed by atoms with Crippen molar-refractivity contribution in [1.29, 1.82) is 0 Å². The lowest BCUT2D eigenvalue weighted by molar-refractivity contribution is -0.144. The van der Waals surface area contributed by atoms with Crippen molar-refractivity contribution in [3.63, 3.8) is 0 Å². The fourth-order valence-corrected chi connectivity index (χ4v) is 1.92. The number of hydrogen-bond donors (Lipinski definition) is 0. The van der Waals surface area contributed by atoms with Gasteiger partial charge in [0.25, 0.3) is 0 Å². The highest BCUT2D eigenvalue weighted by Gasteiger charge is 2.09. The van der Waals surface area contributed by atoms with E-state index >= 15 is 0 Å². The molecule has 0 heterocycles. The van der Waals surface area contributed by atoms with Gasteiger partial charge in [0.1, 0.15) is 0 Å². The number of carbonyl (C=O) groups excluding carboxylic acids is 2. The Hall–Kier alpha value is -2.04. The van der Waals surface area contributed by atoms with Gasteiger partial charge in [-0.15, -0.1) is 0 Å². The molecule has 0 spiro atoms. The molecule has 23 heavy (non-hydrogen) atoms. The third-order valence-electron chi connectivity index (χ3n) is 3.13. The van der Waals surface area contributed by atoms with Crippen molar-refractivity contribution in [1.82, 2.24) is 0 Å². The minimum absolute atomic E-state index is 0.171. The summed E-state index contributed by atoms with van der Waals surface area (Å²) in [5.74, 6) is 0.849. The predicted molar refractivity (Wildman–Crippen MR) is 87.5 cm³/mol. The van der Waals surface area contributed by atoms with Crippen LogP contribution in [0, 0.1) is 5.92 Å². The first-order valence-corrected chi connectivity index (χ1v) is 8.02. The van der Waals surface area contributed by atoms with E-state index in [1.54, 1.807) is 18.2 Å². The molecule has 0 aliphatic carbocycles. The maximum Gasteiger partial charge on any atom is 0.311 e. The Bertz CT molecular complexity index is 496. The van der Waals surface area contributed by atoms with Gasteiger partial charge in [-0.05, 0) is 30.9 Å². The van der Waals surface area contributed by atoms with Crippen LogP contribution in [0.15, 0.2) is 24.3 Å². The summed E-state index contributed by atoms with van der Waals surface area (Å²) in [6, 6.07) is 7.04. The molecule has 5 nitrogen and oxygen atoms in total. The molecule has 0 aliphatic heterocycles. The predicted octanol–water partition coefficient (Wildman–Crippen LogP) is 3.75. The molecule has 0 aliphatic rings. The normalized spacial score (nSPS) is 10.4. The summed E-state index contributed by atoms with van der Waals surface area (Å²) in [6.07, 6.45) is 2.91. The van der Waals surface area contributed by atoms with Gasteiger partial charge in [0.15, 0.2) is 11.5 Å². The number of esters is 2. The molecule has 5 heteroatoms. The Balaban J connectivity index is 2.16. The van der Waals surface area contributed by atoms with Crippen molar-refractivity contribution in [2.45, 2.75) is 46.0 Å². The Kier molecular flexibility index (Phi) is 8.80. The second-order valence-electron chi connectivity index (χ2n) is 5.76. The van der Waals surface area contributed by atoms with Crippen LogP contribution in [0.5, 0.6) is 11.5 Å². The average Bonchev–Trinajstić information content (AvgIpc) is 2.53. The fraction of sp³-hybridized carbons (Fsp3) is 0.556. The van der Waals surface area contributed by atoms with Crippen LogP contribution in [0.3, 0.4) is 0 Å². The van der Waals surface area contributed by atoms with Crippen LogP contribution < -0.4 is 9.47 Å². The summed E-state index contributed by atoms with van der Waals surface area (Å²) >= 11 is 0. The van der Waals surface area contributed by atoms with Crippen molar-refractivity contribution < 1.29 is 23.8 Å². The van der Waals surface area contributed by atoms with E-state index in [4.69, 9.17) is 14.2 Å². The second kappa shape index (κ2) is 10.6. The van der Waals surface area contributed by atoms with Crippen molar-refractivity contribution in [3.05, 3.63) is 24.3 Å². The Morgan fingerprint density at radius 2 is 1.57 bits per heavy atom. The number of para-hydroxylation sites is 2. The Morgan fingerprint density at radius 1 is 0.957 bits per heavy atom. The van der Waals surface area contributed by atoms with Crippen LogP contribution in [0.4, 0.5) is 0 Å². The SMILES string of the molecule is COc1ccccc1OC(=O)CCCCCC(=O)OCC(C)C. The number of rotatable bonds is 10. The van der Waals surface area contributed by atoms with Crippen molar-refractivity contribution in [2.75, 3.05) is 13.7 Å². The molecule has 1 aromatic carbocycles. The zero-order valence-electron chi connectivity index (χ0n) is 14.2. The van der Waals surface area contributed by atoms with Gasteiger partial charge in [0.05, 0.1) is 13.7 Å². The fourth-order valence-electron chi connectivity index (χ4n) is 1.92. The lowest BCUT2D eigenvalue weighted by atomic mass is 10.1. The number of unbranched alkanes of at least 4 members (excludes halogenated alkanes) is 2. The van der Waals surface area contributed by atoms with Gasteiger partial charge in [-0.25, -0.2) is 0 Å². The number of methoxy groups -OCH3 is 1. The first-order valence-electron chi connectivity index (χ1n) is 8.02. The van der Waals surface area contributed by atoms with Gasteiger partial charge in [-0.2, -0.15) is 0 Å². The van der Waals surface area contributed by atoms with Crippen molar-refractivity contribution in [2.24, 2.45) is 5.92 Å². The van der Waals surface area contributed by atoms with Crippen LogP contribution in [-0.2, 0) is 14.3 Å². The van der Waals surface area contributed by atoms with E-state index in [2.05, 4.69) is 0 Å². The monoisotopic (exact) mass is 322 g/mol. The van der Waals surface area contributed by atoms with E-state index in [1.807, 2.05) is 19.9 Å². The molecule has 0 saturated heterocycles. The minimum Gasteiger partial charge on any atom is -0.493 e. The summed E-state index contributed by atoms with van der Waals surface area (Å²) in [6.45, 7) is 4.46. The van der Waals surface area contributed by atoms with Gasteiger partial charge in [0, 0.05) is 12.8 Å². The van der Waals surface area contributed by atoms with Crippen LogP contribution in [0.25, 0.3) is 0 Å². The topological polar surface area (TPSA) is 61.8 Å². The zero-order valence-corrected chi connectivity index (χ0v) is 14.2. The molecule has 0 atom stereocenters. The molecular formula is C18H26O5. The van der Waals surface area contributed by atoms with Gasteiger partial charge < -0.3 is 14.2 Å². The van der Waals surface area contributed by atoms with Crippen LogP contribution >= 0.6 is 0 Å². The Morgan fingerprint density at radius 3 is 2.17 bits per heavy atom. The first-order chi connectivity index (χ1) is 11.0. The van der Waals surface area contributed by atoms with E-state index in [0.717, 1.165) is 12.8 Å². The summed E-state index contributed by atoms with van der Waals surface area (Å²) in [5, 5.41) is 0. The highest BCUT2D eigenvalue weighted by Crippen LogP contribution is 2.26. The third kappa shape index (κ3) is 8.24. The summed E-state index contributed by atoms with van der Waals surface area (Å²) in [5.41, 5.74) is 0. The van der Waals surface area contributed by atoms with Crippen LogP contribution in [0.2, 0.25) is 0 Å². The van der Waals surface area contributed by atoms with Crippen LogP contribution in [-0.4, -0.2) is 25.7 Å². The van der Waals surface area contributed by atoms with Crippen LogP contribution in [0.1, 0.15) is 46.0 Å². The average molecular weight is 322 g/mol. The maximum absolute atomic E-state index is 11.8. The number of carbonyl (C=O) groups is 2. The van der Waals surface area contributed by atoms with Crippen molar-refractivity contribution >= 4 is 11.9 Å². The quantitative estimate of drug-likeness (QED) is 0.373. The van der Waals surface area contributed by atoms with Gasteiger partial charge in [-0.1, -0.05) is 32.4 Å². The lowest BCUT2D eigenvalue weighted by Gasteiger charge is -2.08. The molecule has 0 amide bonds. The molecule has 128 valence electrons. The van der Waals surface area contributed by atoms with E-state index < -0.39 is 0 Å². The molecule has 1 rings (SSSR count). The lowest BCUT2D eigenvalue weighted by Crippen LogP contribution is -2.10. The maximum atomic E-state index is 11.8. The molecule has 0 radical (unpaired) electrons. The highest BCUT2D eigenvalue weighted by atomic mass is 16.6. The van der Waals surface area contributed by atoms with E-state index in [1.165, 1.54) is 7.11 Å². The van der Waals surface area contributed by atoms with E-state index in [0.29, 0.717) is 43.3 Å². The summed E-state index contributed by atoms with van der Waals surface area (Å²) in [4.78, 5) is 23.2. The van der Waals surface area contributed by atoms with Gasteiger partial charge in [0.2, 0.25) is 0 Å². The molecule has 0 unspecified atom stereocenters. The number of ether oxygens (including phenoxy) is 3. The smallest absolute Gasteiger partial charge is 0.311 e. The largest absolute Gasteiger partial charge is 0.493 e. The third-order valence-corrected chi connectivity index (χ3v) is 3.13. The summed E-state index contributed by atoms with van der Waals surface area (Å²) in [7, 11) is 1.53. The molecule has 0 aromatic heterocycles. The van der Waals surface area contributed by atoms with Gasteiger partial charge in [-0.3, -0.25) is 9.59 Å². The first kappa shape index (κ1) is 19.0. The standard InChI is InChI=1S/C18H26O5/c1-14(2)13-22-17(19)11-5-4-6-12-18(20)23-16-10-8-7-9-15(16)21-3/h7-10,14H,4-6,11-13H2,1-3H3. The van der Waals surface area contributed by atoms with Gasteiger partial charge >= 0.3 is 11.9 Å². The molecule has 0 bridgehead atoms. The second-order valence-corrected chi connectivity index (χ2v) is 5.76. The summed E-state index contributed by atoms with van der Waals surface area (Å²) < 4.78 is 15.5. The molecular weight excluding hydrogens is 296 g/mol. The molecule has 1 aromatic rings. The van der Waals surface area contributed by atoms with E-state index in [9.17, 15) is 9.59 Å². The molecule has 0 saturated carbocycles. The number of hydrogen-bond acceptors (Lipinski definition) is 5. The Labute approximate surface area is 137 Å². The van der Waals surface area contributed by atoms with Crippen molar-refractivity contribution in [3.8, 4) is 11.5 Å². The zero-order chi connectivity index (χ0) is 17.1. The number of benzene rings is 1.